The van der Waals surface area contributed by atoms with Crippen molar-refractivity contribution in [3.05, 3.63) is 35.5 Å². The molecule has 5 nitrogen and oxygen atoms in total. The third-order valence-corrected chi connectivity index (χ3v) is 5.11. The minimum Gasteiger partial charge on any atom is -0.481 e. The maximum Gasteiger partial charge on any atom is 0.306 e. The first-order valence-corrected chi connectivity index (χ1v) is 8.53. The number of aliphatic carboxylic acids is 1. The normalized spacial score (nSPS) is 21.2. The van der Waals surface area contributed by atoms with Gasteiger partial charge in [-0.25, -0.2) is 0 Å². The molecule has 2 aromatic rings. The summed E-state index contributed by atoms with van der Waals surface area (Å²) in [5.74, 6) is -0.946. The standard InChI is InChI=1S/C19H24N2O3/c1-12-3-5-17-16(9-12)14(10-20-17)4-6-18(22)21-8-7-15(19(23)24)13(2)11-21/h3,5,9-10,13,15,20H,4,6-8,11H2,1-2H3,(H,23,24). The van der Waals surface area contributed by atoms with Crippen molar-refractivity contribution in [2.45, 2.75) is 33.1 Å². The molecule has 2 N–H and O–H groups in total. The summed E-state index contributed by atoms with van der Waals surface area (Å²) in [6.45, 7) is 5.08. The summed E-state index contributed by atoms with van der Waals surface area (Å²) < 4.78 is 0. The SMILES string of the molecule is Cc1ccc2[nH]cc(CCC(=O)N3CCC(C(=O)O)C(C)C3)c2c1. The highest BCUT2D eigenvalue weighted by molar-refractivity contribution is 5.85. The Kier molecular flexibility index (Phi) is 4.60. The number of rotatable bonds is 4. The molecule has 2 unspecified atom stereocenters. The number of carbonyl (C=O) groups excluding carboxylic acids is 1. The Labute approximate surface area is 141 Å². The Hall–Kier alpha value is -2.30. The second-order valence-corrected chi connectivity index (χ2v) is 6.91. The number of piperidine rings is 1. The highest BCUT2D eigenvalue weighted by Gasteiger charge is 2.32. The van der Waals surface area contributed by atoms with Crippen LogP contribution in [0.4, 0.5) is 0 Å². The van der Waals surface area contributed by atoms with E-state index in [1.807, 2.05) is 18.0 Å². The molecule has 1 aliphatic rings. The van der Waals surface area contributed by atoms with Gasteiger partial charge in [0.1, 0.15) is 0 Å². The third kappa shape index (κ3) is 3.30. The van der Waals surface area contributed by atoms with Crippen LogP contribution in [0.3, 0.4) is 0 Å². The third-order valence-electron chi connectivity index (χ3n) is 5.11. The number of nitrogens with zero attached hydrogens (tertiary/aromatic N) is 1. The number of carboxylic acid groups (broad SMARTS) is 1. The van der Waals surface area contributed by atoms with Gasteiger partial charge in [-0.2, -0.15) is 0 Å². The maximum atomic E-state index is 12.5. The summed E-state index contributed by atoms with van der Waals surface area (Å²) in [6.07, 6.45) is 3.70. The summed E-state index contributed by atoms with van der Waals surface area (Å²) in [5, 5.41) is 10.4. The average molecular weight is 328 g/mol. The van der Waals surface area contributed by atoms with Crippen molar-refractivity contribution in [2.24, 2.45) is 11.8 Å². The molecule has 0 spiro atoms. The van der Waals surface area contributed by atoms with Crippen LogP contribution < -0.4 is 0 Å². The van der Waals surface area contributed by atoms with E-state index >= 15 is 0 Å². The van der Waals surface area contributed by atoms with Crippen LogP contribution in [0.15, 0.2) is 24.4 Å². The van der Waals surface area contributed by atoms with Crippen LogP contribution in [-0.2, 0) is 16.0 Å². The van der Waals surface area contributed by atoms with E-state index in [0.29, 0.717) is 32.4 Å². The largest absolute Gasteiger partial charge is 0.481 e. The van der Waals surface area contributed by atoms with E-state index in [1.54, 1.807) is 0 Å². The first-order chi connectivity index (χ1) is 11.5. The Balaban J connectivity index is 1.61. The number of amides is 1. The van der Waals surface area contributed by atoms with E-state index in [2.05, 4.69) is 30.1 Å². The fraction of sp³-hybridized carbons (Fsp3) is 0.474. The van der Waals surface area contributed by atoms with Gasteiger partial charge in [0.15, 0.2) is 0 Å². The lowest BCUT2D eigenvalue weighted by Crippen LogP contribution is -2.45. The number of aromatic amines is 1. The van der Waals surface area contributed by atoms with Gasteiger partial charge in [0.25, 0.3) is 0 Å². The number of likely N-dealkylation sites (tertiary alicyclic amines) is 1. The summed E-state index contributed by atoms with van der Waals surface area (Å²) in [4.78, 5) is 28.7. The molecule has 5 heteroatoms. The van der Waals surface area contributed by atoms with Crippen LogP contribution in [0.25, 0.3) is 10.9 Å². The molecule has 1 fully saturated rings. The fourth-order valence-corrected chi connectivity index (χ4v) is 3.64. The summed E-state index contributed by atoms with van der Waals surface area (Å²) >= 11 is 0. The molecule has 2 atom stereocenters. The van der Waals surface area contributed by atoms with Crippen molar-refractivity contribution >= 4 is 22.8 Å². The molecule has 1 saturated heterocycles. The van der Waals surface area contributed by atoms with Gasteiger partial charge in [0.2, 0.25) is 5.91 Å². The molecule has 24 heavy (non-hydrogen) atoms. The number of hydrogen-bond donors (Lipinski definition) is 2. The van der Waals surface area contributed by atoms with E-state index in [-0.39, 0.29) is 17.7 Å². The lowest BCUT2D eigenvalue weighted by Gasteiger charge is -2.35. The van der Waals surface area contributed by atoms with Gasteiger partial charge in [0.05, 0.1) is 5.92 Å². The van der Waals surface area contributed by atoms with E-state index in [4.69, 9.17) is 0 Å². The van der Waals surface area contributed by atoms with Crippen LogP contribution in [0.1, 0.15) is 30.9 Å². The zero-order valence-electron chi connectivity index (χ0n) is 14.2. The molecule has 128 valence electrons. The molecule has 0 bridgehead atoms. The number of H-pyrrole nitrogens is 1. The molecule has 1 aliphatic heterocycles. The van der Waals surface area contributed by atoms with Gasteiger partial charge in [-0.3, -0.25) is 9.59 Å². The van der Waals surface area contributed by atoms with Crippen molar-refractivity contribution in [1.29, 1.82) is 0 Å². The number of aryl methyl sites for hydroxylation is 2. The molecule has 0 aliphatic carbocycles. The molecule has 3 rings (SSSR count). The van der Waals surface area contributed by atoms with Gasteiger partial charge >= 0.3 is 5.97 Å². The summed E-state index contributed by atoms with van der Waals surface area (Å²) in [7, 11) is 0. The lowest BCUT2D eigenvalue weighted by atomic mass is 9.87. The lowest BCUT2D eigenvalue weighted by molar-refractivity contribution is -0.148. The monoisotopic (exact) mass is 328 g/mol. The average Bonchev–Trinajstić information content (AvgIpc) is 2.94. The van der Waals surface area contributed by atoms with Crippen LogP contribution >= 0.6 is 0 Å². The minimum absolute atomic E-state index is 0.0101. The second-order valence-electron chi connectivity index (χ2n) is 6.91. The van der Waals surface area contributed by atoms with E-state index < -0.39 is 5.97 Å². The fourth-order valence-electron chi connectivity index (χ4n) is 3.64. The van der Waals surface area contributed by atoms with Crippen molar-refractivity contribution < 1.29 is 14.7 Å². The predicted molar refractivity (Wildman–Crippen MR) is 92.8 cm³/mol. The van der Waals surface area contributed by atoms with Crippen LogP contribution in [0.5, 0.6) is 0 Å². The first kappa shape index (κ1) is 16.6. The molecule has 1 aromatic heterocycles. The maximum absolute atomic E-state index is 12.5. The first-order valence-electron chi connectivity index (χ1n) is 8.53. The Bertz CT molecular complexity index is 765. The van der Waals surface area contributed by atoms with Crippen molar-refractivity contribution in [3.63, 3.8) is 0 Å². The van der Waals surface area contributed by atoms with Gasteiger partial charge in [-0.15, -0.1) is 0 Å². The Morgan fingerprint density at radius 1 is 1.38 bits per heavy atom. The molecule has 1 aromatic carbocycles. The van der Waals surface area contributed by atoms with Crippen molar-refractivity contribution in [3.8, 4) is 0 Å². The number of benzene rings is 1. The molecule has 2 heterocycles. The van der Waals surface area contributed by atoms with Crippen LogP contribution in [0.2, 0.25) is 0 Å². The zero-order valence-corrected chi connectivity index (χ0v) is 14.2. The minimum atomic E-state index is -0.747. The van der Waals surface area contributed by atoms with Gasteiger partial charge in [-0.05, 0) is 43.4 Å². The molecular formula is C19H24N2O3. The number of nitrogens with one attached hydrogen (secondary N) is 1. The Morgan fingerprint density at radius 3 is 2.88 bits per heavy atom. The Morgan fingerprint density at radius 2 is 2.17 bits per heavy atom. The number of hydrogen-bond acceptors (Lipinski definition) is 2. The number of aromatic nitrogens is 1. The highest BCUT2D eigenvalue weighted by atomic mass is 16.4. The predicted octanol–water partition coefficient (Wildman–Crippen LogP) is 2.98. The van der Waals surface area contributed by atoms with E-state index in [9.17, 15) is 14.7 Å². The highest BCUT2D eigenvalue weighted by Crippen LogP contribution is 2.25. The topological polar surface area (TPSA) is 73.4 Å². The quantitative estimate of drug-likeness (QED) is 0.906. The van der Waals surface area contributed by atoms with E-state index in [1.165, 1.54) is 10.9 Å². The van der Waals surface area contributed by atoms with Gasteiger partial charge in [0, 0.05) is 36.6 Å². The van der Waals surface area contributed by atoms with Crippen molar-refractivity contribution in [1.82, 2.24) is 9.88 Å². The summed E-state index contributed by atoms with van der Waals surface area (Å²) in [5.41, 5.74) is 3.47. The summed E-state index contributed by atoms with van der Waals surface area (Å²) in [6, 6.07) is 6.28. The van der Waals surface area contributed by atoms with Crippen LogP contribution in [0, 0.1) is 18.8 Å². The zero-order chi connectivity index (χ0) is 17.3. The van der Waals surface area contributed by atoms with Gasteiger partial charge < -0.3 is 15.0 Å². The second kappa shape index (κ2) is 6.67. The molecule has 0 saturated carbocycles. The molecule has 1 amide bonds. The number of carbonyl (C=O) groups is 2. The number of fused-ring (bicyclic) bond motifs is 1. The molecular weight excluding hydrogens is 304 g/mol. The molecule has 0 radical (unpaired) electrons. The smallest absolute Gasteiger partial charge is 0.306 e. The number of carboxylic acids is 1. The van der Waals surface area contributed by atoms with Gasteiger partial charge in [-0.1, -0.05) is 18.6 Å². The van der Waals surface area contributed by atoms with Crippen LogP contribution in [-0.4, -0.2) is 40.0 Å². The van der Waals surface area contributed by atoms with Crippen molar-refractivity contribution in [2.75, 3.05) is 13.1 Å². The van der Waals surface area contributed by atoms with E-state index in [0.717, 1.165) is 11.1 Å².